The SMILES string of the molecule is C=CCOc1ccc(/C=N\NC(=O)CN(c2ccc(C)cc2)S(C)(=O)=O)cc1OCC. The third kappa shape index (κ3) is 7.45. The Morgan fingerprint density at radius 2 is 1.87 bits per heavy atom. The first-order valence-corrected chi connectivity index (χ1v) is 11.5. The summed E-state index contributed by atoms with van der Waals surface area (Å²) in [4.78, 5) is 12.3. The molecule has 0 saturated heterocycles. The summed E-state index contributed by atoms with van der Waals surface area (Å²) in [6.07, 6.45) is 4.13. The quantitative estimate of drug-likeness (QED) is 0.326. The van der Waals surface area contributed by atoms with Crippen molar-refractivity contribution in [2.24, 2.45) is 5.10 Å². The zero-order valence-corrected chi connectivity index (χ0v) is 18.7. The normalized spacial score (nSPS) is 11.2. The van der Waals surface area contributed by atoms with Crippen molar-refractivity contribution in [2.75, 3.05) is 30.3 Å². The van der Waals surface area contributed by atoms with Gasteiger partial charge in [-0.2, -0.15) is 5.10 Å². The molecule has 0 radical (unpaired) electrons. The second-order valence-corrected chi connectivity index (χ2v) is 8.54. The minimum absolute atomic E-state index is 0.349. The number of amides is 1. The van der Waals surface area contributed by atoms with Gasteiger partial charge in [-0.3, -0.25) is 9.10 Å². The third-order valence-corrected chi connectivity index (χ3v) is 5.18. The molecule has 2 rings (SSSR count). The Balaban J connectivity index is 2.07. The lowest BCUT2D eigenvalue weighted by atomic mass is 10.2. The average molecular weight is 446 g/mol. The molecule has 1 amide bonds. The molecule has 0 bridgehead atoms. The van der Waals surface area contributed by atoms with Crippen molar-refractivity contribution in [1.82, 2.24) is 5.43 Å². The predicted octanol–water partition coefficient (Wildman–Crippen LogP) is 2.87. The highest BCUT2D eigenvalue weighted by molar-refractivity contribution is 7.92. The lowest BCUT2D eigenvalue weighted by molar-refractivity contribution is -0.119. The molecule has 31 heavy (non-hydrogen) atoms. The summed E-state index contributed by atoms with van der Waals surface area (Å²) in [5.41, 5.74) is 4.42. The Morgan fingerprint density at radius 3 is 2.48 bits per heavy atom. The van der Waals surface area contributed by atoms with Gasteiger partial charge in [-0.05, 0) is 49.7 Å². The summed E-state index contributed by atoms with van der Waals surface area (Å²) in [5, 5.41) is 3.92. The number of carbonyl (C=O) groups excluding carboxylic acids is 1. The van der Waals surface area contributed by atoms with Gasteiger partial charge in [-0.1, -0.05) is 30.4 Å². The summed E-state index contributed by atoms with van der Waals surface area (Å²) >= 11 is 0. The first kappa shape index (κ1) is 23.9. The number of hydrazone groups is 1. The number of aryl methyl sites for hydroxylation is 1. The second kappa shape index (κ2) is 11.2. The molecule has 0 aliphatic heterocycles. The van der Waals surface area contributed by atoms with Crippen LogP contribution in [0.3, 0.4) is 0 Å². The fourth-order valence-electron chi connectivity index (χ4n) is 2.60. The van der Waals surface area contributed by atoms with Gasteiger partial charge in [0.2, 0.25) is 10.0 Å². The minimum Gasteiger partial charge on any atom is -0.490 e. The molecule has 0 atom stereocenters. The molecule has 2 aromatic carbocycles. The summed E-state index contributed by atoms with van der Waals surface area (Å²) in [6.45, 7) is 7.79. The molecule has 0 spiro atoms. The van der Waals surface area contributed by atoms with E-state index in [1.54, 1.807) is 48.5 Å². The molecule has 8 nitrogen and oxygen atoms in total. The van der Waals surface area contributed by atoms with Crippen molar-refractivity contribution in [3.63, 3.8) is 0 Å². The number of sulfonamides is 1. The second-order valence-electron chi connectivity index (χ2n) is 6.64. The first-order valence-electron chi connectivity index (χ1n) is 9.61. The maximum Gasteiger partial charge on any atom is 0.260 e. The third-order valence-electron chi connectivity index (χ3n) is 4.04. The highest BCUT2D eigenvalue weighted by Crippen LogP contribution is 2.28. The van der Waals surface area contributed by atoms with E-state index in [2.05, 4.69) is 17.1 Å². The summed E-state index contributed by atoms with van der Waals surface area (Å²) in [5.74, 6) is 0.547. The van der Waals surface area contributed by atoms with E-state index in [1.807, 2.05) is 13.8 Å². The van der Waals surface area contributed by atoms with Gasteiger partial charge in [-0.25, -0.2) is 13.8 Å². The van der Waals surface area contributed by atoms with Gasteiger partial charge < -0.3 is 9.47 Å². The molecule has 0 aliphatic rings. The van der Waals surface area contributed by atoms with Crippen LogP contribution in [0.15, 0.2) is 60.2 Å². The number of hydrogen-bond acceptors (Lipinski definition) is 6. The largest absolute Gasteiger partial charge is 0.490 e. The van der Waals surface area contributed by atoms with Crippen LogP contribution in [0.1, 0.15) is 18.1 Å². The van der Waals surface area contributed by atoms with Crippen LogP contribution in [0.5, 0.6) is 11.5 Å². The van der Waals surface area contributed by atoms with Crippen LogP contribution in [0.25, 0.3) is 0 Å². The predicted molar refractivity (Wildman–Crippen MR) is 122 cm³/mol. The number of anilines is 1. The van der Waals surface area contributed by atoms with E-state index in [0.717, 1.165) is 16.1 Å². The Hall–Kier alpha value is -3.33. The van der Waals surface area contributed by atoms with Crippen LogP contribution < -0.4 is 19.2 Å². The van der Waals surface area contributed by atoms with E-state index in [-0.39, 0.29) is 0 Å². The van der Waals surface area contributed by atoms with E-state index in [0.29, 0.717) is 36.0 Å². The molecule has 9 heteroatoms. The fraction of sp³-hybridized carbons (Fsp3) is 0.273. The van der Waals surface area contributed by atoms with Gasteiger partial charge in [0.15, 0.2) is 11.5 Å². The molecule has 1 N–H and O–H groups in total. The van der Waals surface area contributed by atoms with E-state index < -0.39 is 22.5 Å². The van der Waals surface area contributed by atoms with Crippen molar-refractivity contribution < 1.29 is 22.7 Å². The van der Waals surface area contributed by atoms with Crippen LogP contribution >= 0.6 is 0 Å². The first-order chi connectivity index (χ1) is 14.7. The van der Waals surface area contributed by atoms with E-state index in [1.165, 1.54) is 6.21 Å². The van der Waals surface area contributed by atoms with Crippen LogP contribution in [0.4, 0.5) is 5.69 Å². The van der Waals surface area contributed by atoms with Gasteiger partial charge in [0.1, 0.15) is 13.2 Å². The zero-order valence-electron chi connectivity index (χ0n) is 17.9. The smallest absolute Gasteiger partial charge is 0.260 e. The van der Waals surface area contributed by atoms with Crippen molar-refractivity contribution >= 4 is 27.8 Å². The molecule has 0 aromatic heterocycles. The lowest BCUT2D eigenvalue weighted by Gasteiger charge is -2.21. The molecule has 166 valence electrons. The van der Waals surface area contributed by atoms with Crippen molar-refractivity contribution in [3.8, 4) is 11.5 Å². The van der Waals surface area contributed by atoms with Gasteiger partial charge in [0.25, 0.3) is 5.91 Å². The van der Waals surface area contributed by atoms with Crippen molar-refractivity contribution in [3.05, 3.63) is 66.2 Å². The van der Waals surface area contributed by atoms with Gasteiger partial charge in [0, 0.05) is 0 Å². The van der Waals surface area contributed by atoms with E-state index in [4.69, 9.17) is 9.47 Å². The maximum absolute atomic E-state index is 12.3. The zero-order chi connectivity index (χ0) is 22.9. The van der Waals surface area contributed by atoms with Gasteiger partial charge in [0.05, 0.1) is 24.8 Å². The number of ether oxygens (including phenoxy) is 2. The Kier molecular flexibility index (Phi) is 8.63. The van der Waals surface area contributed by atoms with Gasteiger partial charge in [-0.15, -0.1) is 0 Å². The maximum atomic E-state index is 12.3. The summed E-state index contributed by atoms with van der Waals surface area (Å²) in [6, 6.07) is 12.1. The lowest BCUT2D eigenvalue weighted by Crippen LogP contribution is -2.39. The van der Waals surface area contributed by atoms with Crippen LogP contribution in [-0.4, -0.2) is 46.6 Å². The molecule has 2 aromatic rings. The molecular formula is C22H27N3O5S. The molecule has 0 unspecified atom stereocenters. The Labute approximate surface area is 183 Å². The number of rotatable bonds is 11. The number of nitrogens with zero attached hydrogens (tertiary/aromatic N) is 2. The monoisotopic (exact) mass is 445 g/mol. The fourth-order valence-corrected chi connectivity index (χ4v) is 3.45. The highest BCUT2D eigenvalue weighted by Gasteiger charge is 2.20. The Bertz CT molecular complexity index is 1030. The van der Waals surface area contributed by atoms with Crippen molar-refractivity contribution in [2.45, 2.75) is 13.8 Å². The van der Waals surface area contributed by atoms with Crippen LogP contribution in [0.2, 0.25) is 0 Å². The van der Waals surface area contributed by atoms with Crippen molar-refractivity contribution in [1.29, 1.82) is 0 Å². The molecular weight excluding hydrogens is 418 g/mol. The molecule has 0 fully saturated rings. The van der Waals surface area contributed by atoms with Crippen LogP contribution in [0, 0.1) is 6.92 Å². The number of hydrogen-bond donors (Lipinski definition) is 1. The number of carbonyl (C=O) groups is 1. The number of nitrogens with one attached hydrogen (secondary N) is 1. The topological polar surface area (TPSA) is 97.3 Å². The molecule has 0 heterocycles. The highest BCUT2D eigenvalue weighted by atomic mass is 32.2. The molecule has 0 saturated carbocycles. The van der Waals surface area contributed by atoms with Gasteiger partial charge >= 0.3 is 0 Å². The Morgan fingerprint density at radius 1 is 1.16 bits per heavy atom. The minimum atomic E-state index is -3.64. The molecule has 0 aliphatic carbocycles. The average Bonchev–Trinajstić information content (AvgIpc) is 2.72. The van der Waals surface area contributed by atoms with Crippen LogP contribution in [-0.2, 0) is 14.8 Å². The number of benzene rings is 2. The van der Waals surface area contributed by atoms with E-state index >= 15 is 0 Å². The van der Waals surface area contributed by atoms with E-state index in [9.17, 15) is 13.2 Å². The summed E-state index contributed by atoms with van der Waals surface area (Å²) in [7, 11) is -3.64. The standard InChI is InChI=1S/C22H27N3O5S/c1-5-13-30-20-12-9-18(14-21(20)29-6-2)15-23-24-22(26)16-25(31(4,27)28)19-10-7-17(3)8-11-19/h5,7-12,14-15H,1,6,13,16H2,2-4H3,(H,24,26)/b23-15-. The summed E-state index contributed by atoms with van der Waals surface area (Å²) < 4.78 is 36.4.